The van der Waals surface area contributed by atoms with E-state index in [4.69, 9.17) is 5.73 Å². The first-order valence-corrected chi connectivity index (χ1v) is 10.1. The fourth-order valence-electron chi connectivity index (χ4n) is 4.05. The standard InChI is InChI=1S/C18H30N4OS.3ClH/c1-15-20-16(13-24-15)12-21-7-9-22(10-8-21)17(23)11-18(14-19)5-3-2-4-6-18;;;/h13H,2-12,14,19H2,1H3;3*1H. The average Bonchev–Trinajstić information content (AvgIpc) is 3.01. The third-order valence-electron chi connectivity index (χ3n) is 5.65. The van der Waals surface area contributed by atoms with Gasteiger partial charge in [-0.1, -0.05) is 19.3 Å². The first-order chi connectivity index (χ1) is 11.6. The Balaban J connectivity index is 0.00000225. The van der Waals surface area contributed by atoms with Gasteiger partial charge in [0.25, 0.3) is 0 Å². The van der Waals surface area contributed by atoms with Crippen molar-refractivity contribution in [3.05, 3.63) is 16.1 Å². The lowest BCUT2D eigenvalue weighted by Crippen LogP contribution is -2.50. The van der Waals surface area contributed by atoms with Gasteiger partial charge in [0.05, 0.1) is 10.7 Å². The van der Waals surface area contributed by atoms with Crippen LogP contribution in [-0.4, -0.2) is 53.4 Å². The number of carbonyl (C=O) groups excluding carboxylic acids is 1. The number of carbonyl (C=O) groups is 1. The van der Waals surface area contributed by atoms with Crippen LogP contribution in [-0.2, 0) is 11.3 Å². The minimum atomic E-state index is 0. The molecule has 0 bridgehead atoms. The Morgan fingerprint density at radius 1 is 1.15 bits per heavy atom. The zero-order valence-corrected chi connectivity index (χ0v) is 19.3. The fourth-order valence-corrected chi connectivity index (χ4v) is 4.66. The quantitative estimate of drug-likeness (QED) is 0.730. The minimum absolute atomic E-state index is 0. The van der Waals surface area contributed by atoms with Crippen molar-refractivity contribution < 1.29 is 4.79 Å². The summed E-state index contributed by atoms with van der Waals surface area (Å²) >= 11 is 1.71. The SMILES string of the molecule is Cc1nc(CN2CCN(C(=O)CC3(CN)CCCCC3)CC2)cs1.Cl.Cl.Cl. The molecule has 1 saturated heterocycles. The molecule has 1 aromatic heterocycles. The van der Waals surface area contributed by atoms with Crippen molar-refractivity contribution in [2.45, 2.75) is 52.0 Å². The van der Waals surface area contributed by atoms with E-state index in [1.165, 1.54) is 19.3 Å². The topological polar surface area (TPSA) is 62.5 Å². The predicted octanol–water partition coefficient (Wildman–Crippen LogP) is 3.66. The molecule has 2 aliphatic rings. The molecule has 1 aliphatic heterocycles. The number of nitrogens with zero attached hydrogens (tertiary/aromatic N) is 3. The summed E-state index contributed by atoms with van der Waals surface area (Å²) in [5.74, 6) is 0.312. The van der Waals surface area contributed by atoms with Crippen molar-refractivity contribution >= 4 is 54.5 Å². The number of rotatable bonds is 5. The summed E-state index contributed by atoms with van der Waals surface area (Å²) in [6, 6.07) is 0. The summed E-state index contributed by atoms with van der Waals surface area (Å²) in [6.07, 6.45) is 6.65. The first kappa shape index (κ1) is 26.9. The number of amides is 1. The van der Waals surface area contributed by atoms with E-state index >= 15 is 0 Å². The van der Waals surface area contributed by atoms with Crippen LogP contribution < -0.4 is 5.73 Å². The second-order valence-corrected chi connectivity index (χ2v) is 8.52. The molecule has 158 valence electrons. The highest BCUT2D eigenvalue weighted by molar-refractivity contribution is 7.09. The lowest BCUT2D eigenvalue weighted by molar-refractivity contribution is -0.136. The number of aromatic nitrogens is 1. The molecule has 2 heterocycles. The van der Waals surface area contributed by atoms with E-state index in [1.54, 1.807) is 11.3 Å². The Bertz CT molecular complexity index is 559. The van der Waals surface area contributed by atoms with Gasteiger partial charge < -0.3 is 10.6 Å². The second-order valence-electron chi connectivity index (χ2n) is 7.46. The van der Waals surface area contributed by atoms with Crippen LogP contribution in [0.2, 0.25) is 0 Å². The van der Waals surface area contributed by atoms with E-state index in [2.05, 4.69) is 20.2 Å². The number of aryl methyl sites for hydroxylation is 1. The number of thiazole rings is 1. The summed E-state index contributed by atoms with van der Waals surface area (Å²) in [5, 5.41) is 3.26. The molecule has 1 aliphatic carbocycles. The Kier molecular flexibility index (Phi) is 12.4. The van der Waals surface area contributed by atoms with Gasteiger partial charge in [-0.2, -0.15) is 0 Å². The Labute approximate surface area is 185 Å². The number of halogens is 3. The van der Waals surface area contributed by atoms with E-state index in [1.807, 2.05) is 6.92 Å². The zero-order chi connectivity index (χ0) is 17.0. The lowest BCUT2D eigenvalue weighted by Gasteiger charge is -2.39. The summed E-state index contributed by atoms with van der Waals surface area (Å²) in [7, 11) is 0. The summed E-state index contributed by atoms with van der Waals surface area (Å²) in [6.45, 7) is 7.16. The molecule has 0 aromatic carbocycles. The third-order valence-corrected chi connectivity index (χ3v) is 6.47. The third kappa shape index (κ3) is 7.33. The second kappa shape index (κ2) is 12.5. The Morgan fingerprint density at radius 2 is 1.78 bits per heavy atom. The molecule has 1 saturated carbocycles. The molecule has 2 N–H and O–H groups in total. The molecular formula is C18H33Cl3N4OS. The summed E-state index contributed by atoms with van der Waals surface area (Å²) in [4.78, 5) is 21.7. The zero-order valence-electron chi connectivity index (χ0n) is 16.0. The van der Waals surface area contributed by atoms with Gasteiger partial charge in [0, 0.05) is 44.5 Å². The first-order valence-electron chi connectivity index (χ1n) is 9.21. The van der Waals surface area contributed by atoms with Gasteiger partial charge in [0.1, 0.15) is 0 Å². The van der Waals surface area contributed by atoms with Crippen molar-refractivity contribution in [1.82, 2.24) is 14.8 Å². The van der Waals surface area contributed by atoms with Gasteiger partial charge in [0.2, 0.25) is 5.91 Å². The Hall–Kier alpha value is -0.110. The fraction of sp³-hybridized carbons (Fsp3) is 0.778. The summed E-state index contributed by atoms with van der Waals surface area (Å²) in [5.41, 5.74) is 7.27. The molecule has 0 spiro atoms. The van der Waals surface area contributed by atoms with E-state index in [-0.39, 0.29) is 42.6 Å². The van der Waals surface area contributed by atoms with Crippen molar-refractivity contribution in [3.8, 4) is 0 Å². The van der Waals surface area contributed by atoms with E-state index in [0.29, 0.717) is 18.9 Å². The predicted molar refractivity (Wildman–Crippen MR) is 120 cm³/mol. The number of nitrogens with two attached hydrogens (primary N) is 1. The molecule has 0 radical (unpaired) electrons. The maximum Gasteiger partial charge on any atom is 0.223 e. The molecule has 0 atom stereocenters. The maximum atomic E-state index is 12.7. The van der Waals surface area contributed by atoms with E-state index in [0.717, 1.165) is 56.3 Å². The molecule has 1 aromatic rings. The monoisotopic (exact) mass is 458 g/mol. The molecule has 9 heteroatoms. The molecule has 27 heavy (non-hydrogen) atoms. The number of hydrogen-bond acceptors (Lipinski definition) is 5. The number of hydrogen-bond donors (Lipinski definition) is 1. The smallest absolute Gasteiger partial charge is 0.223 e. The largest absolute Gasteiger partial charge is 0.340 e. The highest BCUT2D eigenvalue weighted by Crippen LogP contribution is 2.38. The van der Waals surface area contributed by atoms with Crippen LogP contribution in [0, 0.1) is 12.3 Å². The highest BCUT2D eigenvalue weighted by atomic mass is 35.5. The van der Waals surface area contributed by atoms with Crippen LogP contribution in [0.5, 0.6) is 0 Å². The molecule has 3 rings (SSSR count). The minimum Gasteiger partial charge on any atom is -0.340 e. The lowest BCUT2D eigenvalue weighted by atomic mass is 9.71. The summed E-state index contributed by atoms with van der Waals surface area (Å²) < 4.78 is 0. The van der Waals surface area contributed by atoms with Crippen LogP contribution in [0.4, 0.5) is 0 Å². The van der Waals surface area contributed by atoms with Crippen molar-refractivity contribution in [3.63, 3.8) is 0 Å². The molecule has 2 fully saturated rings. The maximum absolute atomic E-state index is 12.7. The van der Waals surface area contributed by atoms with E-state index in [9.17, 15) is 4.79 Å². The van der Waals surface area contributed by atoms with Crippen molar-refractivity contribution in [2.75, 3.05) is 32.7 Å². The van der Waals surface area contributed by atoms with Crippen LogP contribution in [0.3, 0.4) is 0 Å². The molecular weight excluding hydrogens is 427 g/mol. The molecule has 0 unspecified atom stereocenters. The molecule has 1 amide bonds. The van der Waals surface area contributed by atoms with Crippen LogP contribution in [0.1, 0.15) is 49.2 Å². The van der Waals surface area contributed by atoms with Gasteiger partial charge in [0.15, 0.2) is 0 Å². The van der Waals surface area contributed by atoms with Gasteiger partial charge in [-0.3, -0.25) is 9.69 Å². The number of piperazine rings is 1. The van der Waals surface area contributed by atoms with Crippen LogP contribution >= 0.6 is 48.6 Å². The van der Waals surface area contributed by atoms with Gasteiger partial charge in [-0.05, 0) is 31.7 Å². The van der Waals surface area contributed by atoms with Crippen LogP contribution in [0.15, 0.2) is 5.38 Å². The van der Waals surface area contributed by atoms with Gasteiger partial charge >= 0.3 is 0 Å². The normalized spacial score (nSPS) is 19.4. The van der Waals surface area contributed by atoms with Crippen molar-refractivity contribution in [1.29, 1.82) is 0 Å². The Morgan fingerprint density at radius 3 is 2.30 bits per heavy atom. The van der Waals surface area contributed by atoms with Gasteiger partial charge in [-0.25, -0.2) is 4.98 Å². The molecule has 5 nitrogen and oxygen atoms in total. The highest BCUT2D eigenvalue weighted by Gasteiger charge is 2.35. The van der Waals surface area contributed by atoms with Crippen molar-refractivity contribution in [2.24, 2.45) is 11.1 Å². The van der Waals surface area contributed by atoms with Crippen LogP contribution in [0.25, 0.3) is 0 Å². The average molecular weight is 460 g/mol. The van der Waals surface area contributed by atoms with E-state index < -0.39 is 0 Å². The van der Waals surface area contributed by atoms with Gasteiger partial charge in [-0.15, -0.1) is 48.6 Å².